The fourth-order valence-corrected chi connectivity index (χ4v) is 1.85. The zero-order valence-corrected chi connectivity index (χ0v) is 9.53. The lowest BCUT2D eigenvalue weighted by molar-refractivity contribution is -0.109. The third kappa shape index (κ3) is 2.18. The first-order valence-electron chi connectivity index (χ1n) is 4.56. The molecule has 2 aromatic rings. The van der Waals surface area contributed by atoms with Crippen molar-refractivity contribution in [1.29, 1.82) is 0 Å². The van der Waals surface area contributed by atoms with Crippen molar-refractivity contribution >= 4 is 33.0 Å². The highest BCUT2D eigenvalue weighted by Crippen LogP contribution is 2.27. The molecule has 2 nitrogen and oxygen atoms in total. The lowest BCUT2D eigenvalue weighted by atomic mass is 10.1. The van der Waals surface area contributed by atoms with Crippen LogP contribution in [0.5, 0.6) is 5.75 Å². The zero-order chi connectivity index (χ0) is 10.7. The molecular weight excluding hydrogens is 256 g/mol. The van der Waals surface area contributed by atoms with E-state index < -0.39 is 0 Å². The first kappa shape index (κ1) is 10.2. The number of rotatable bonds is 3. The van der Waals surface area contributed by atoms with Gasteiger partial charge in [0.25, 0.3) is 0 Å². The van der Waals surface area contributed by atoms with Crippen molar-refractivity contribution in [3.05, 3.63) is 40.9 Å². The summed E-state index contributed by atoms with van der Waals surface area (Å²) in [5.74, 6) is 0.743. The molecule has 0 fully saturated rings. The number of halogens is 1. The number of aldehydes is 1. The van der Waals surface area contributed by atoms with Crippen LogP contribution >= 0.6 is 15.9 Å². The van der Waals surface area contributed by atoms with E-state index in [1.807, 2.05) is 36.4 Å². The number of ether oxygens (including phenoxy) is 1. The largest absolute Gasteiger partial charge is 0.486 e. The summed E-state index contributed by atoms with van der Waals surface area (Å²) in [4.78, 5) is 10.2. The van der Waals surface area contributed by atoms with Gasteiger partial charge in [0.1, 0.15) is 12.4 Å². The fourth-order valence-electron chi connectivity index (χ4n) is 1.47. The van der Waals surface area contributed by atoms with Crippen molar-refractivity contribution < 1.29 is 9.53 Å². The van der Waals surface area contributed by atoms with E-state index in [-0.39, 0.29) is 6.61 Å². The Kier molecular flexibility index (Phi) is 3.02. The van der Waals surface area contributed by atoms with Crippen molar-refractivity contribution in [2.45, 2.75) is 0 Å². The Bertz CT molecular complexity index is 494. The third-order valence-corrected chi connectivity index (χ3v) is 2.60. The summed E-state index contributed by atoms with van der Waals surface area (Å²) < 4.78 is 6.36. The number of benzene rings is 2. The van der Waals surface area contributed by atoms with Gasteiger partial charge in [0.2, 0.25) is 0 Å². The van der Waals surface area contributed by atoms with Crippen LogP contribution in [-0.4, -0.2) is 12.9 Å². The monoisotopic (exact) mass is 264 g/mol. The zero-order valence-electron chi connectivity index (χ0n) is 7.94. The second kappa shape index (κ2) is 4.45. The van der Waals surface area contributed by atoms with Crippen LogP contribution in [0, 0.1) is 0 Å². The van der Waals surface area contributed by atoms with E-state index in [1.54, 1.807) is 0 Å². The molecule has 0 N–H and O–H groups in total. The first-order valence-corrected chi connectivity index (χ1v) is 5.35. The molecule has 0 aliphatic rings. The number of hydrogen-bond donors (Lipinski definition) is 0. The first-order chi connectivity index (χ1) is 7.31. The molecule has 0 radical (unpaired) electrons. The highest BCUT2D eigenvalue weighted by molar-refractivity contribution is 9.10. The SMILES string of the molecule is O=CCOc1cccc2cc(Br)ccc12. The molecule has 0 heterocycles. The van der Waals surface area contributed by atoms with Gasteiger partial charge in [-0.2, -0.15) is 0 Å². The summed E-state index contributed by atoms with van der Waals surface area (Å²) in [6.45, 7) is 0.0924. The van der Waals surface area contributed by atoms with Gasteiger partial charge in [-0.25, -0.2) is 0 Å². The number of fused-ring (bicyclic) bond motifs is 1. The minimum Gasteiger partial charge on any atom is -0.486 e. The van der Waals surface area contributed by atoms with Gasteiger partial charge in [-0.3, -0.25) is 4.79 Å². The van der Waals surface area contributed by atoms with Crippen molar-refractivity contribution in [1.82, 2.24) is 0 Å². The molecule has 0 amide bonds. The van der Waals surface area contributed by atoms with Gasteiger partial charge in [0, 0.05) is 9.86 Å². The standard InChI is InChI=1S/C12H9BrO2/c13-10-4-5-11-9(8-10)2-1-3-12(11)15-7-6-14/h1-6,8H,7H2. The molecule has 3 heteroatoms. The average molecular weight is 265 g/mol. The second-order valence-corrected chi connectivity index (χ2v) is 4.01. The maximum Gasteiger partial charge on any atom is 0.157 e. The van der Waals surface area contributed by atoms with Gasteiger partial charge < -0.3 is 4.74 Å². The van der Waals surface area contributed by atoms with Crippen LogP contribution in [0.4, 0.5) is 0 Å². The van der Waals surface area contributed by atoms with E-state index in [0.29, 0.717) is 0 Å². The summed E-state index contributed by atoms with van der Waals surface area (Å²) in [6, 6.07) is 11.7. The maximum absolute atomic E-state index is 10.2. The number of carbonyl (C=O) groups excluding carboxylic acids is 1. The van der Waals surface area contributed by atoms with Gasteiger partial charge in [0.15, 0.2) is 6.29 Å². The van der Waals surface area contributed by atoms with E-state index in [4.69, 9.17) is 4.74 Å². The minimum absolute atomic E-state index is 0.0924. The Morgan fingerprint density at radius 3 is 2.93 bits per heavy atom. The van der Waals surface area contributed by atoms with Crippen LogP contribution in [0.25, 0.3) is 10.8 Å². The van der Waals surface area contributed by atoms with E-state index in [2.05, 4.69) is 15.9 Å². The fraction of sp³-hybridized carbons (Fsp3) is 0.0833. The van der Waals surface area contributed by atoms with Gasteiger partial charge in [-0.15, -0.1) is 0 Å². The molecule has 0 aromatic heterocycles. The molecule has 0 bridgehead atoms. The van der Waals surface area contributed by atoms with Crippen LogP contribution in [-0.2, 0) is 4.79 Å². The normalized spacial score (nSPS) is 10.2. The van der Waals surface area contributed by atoms with Crippen LogP contribution in [0.3, 0.4) is 0 Å². The van der Waals surface area contributed by atoms with Crippen molar-refractivity contribution in [3.8, 4) is 5.75 Å². The van der Waals surface area contributed by atoms with E-state index in [9.17, 15) is 4.79 Å². The summed E-state index contributed by atoms with van der Waals surface area (Å²) >= 11 is 3.41. The Morgan fingerprint density at radius 2 is 2.13 bits per heavy atom. The Morgan fingerprint density at radius 1 is 1.27 bits per heavy atom. The predicted octanol–water partition coefficient (Wildman–Crippen LogP) is 3.18. The summed E-state index contributed by atoms with van der Waals surface area (Å²) in [6.07, 6.45) is 0.748. The smallest absolute Gasteiger partial charge is 0.157 e. The Balaban J connectivity index is 2.50. The van der Waals surface area contributed by atoms with Crippen molar-refractivity contribution in [3.63, 3.8) is 0 Å². The van der Waals surface area contributed by atoms with Crippen molar-refractivity contribution in [2.24, 2.45) is 0 Å². The molecule has 0 saturated carbocycles. The third-order valence-electron chi connectivity index (χ3n) is 2.11. The molecule has 0 saturated heterocycles. The van der Waals surface area contributed by atoms with Crippen LogP contribution in [0.1, 0.15) is 0 Å². The summed E-state index contributed by atoms with van der Waals surface area (Å²) in [5, 5.41) is 2.11. The number of carbonyl (C=O) groups is 1. The molecule has 76 valence electrons. The molecule has 0 aliphatic carbocycles. The minimum atomic E-state index is 0.0924. The van der Waals surface area contributed by atoms with Crippen LogP contribution < -0.4 is 4.74 Å². The quantitative estimate of drug-likeness (QED) is 0.797. The Labute approximate surface area is 96.0 Å². The number of hydrogen-bond acceptors (Lipinski definition) is 2. The predicted molar refractivity (Wildman–Crippen MR) is 63.2 cm³/mol. The van der Waals surface area contributed by atoms with E-state index in [1.165, 1.54) is 0 Å². The van der Waals surface area contributed by atoms with Gasteiger partial charge in [0.05, 0.1) is 0 Å². The Hall–Kier alpha value is -1.35. The maximum atomic E-state index is 10.2. The second-order valence-electron chi connectivity index (χ2n) is 3.10. The van der Waals surface area contributed by atoms with E-state index >= 15 is 0 Å². The molecule has 0 atom stereocenters. The van der Waals surface area contributed by atoms with Crippen LogP contribution in [0.15, 0.2) is 40.9 Å². The average Bonchev–Trinajstić information content (AvgIpc) is 2.25. The molecule has 15 heavy (non-hydrogen) atoms. The lowest BCUT2D eigenvalue weighted by Gasteiger charge is -2.06. The molecule has 0 unspecified atom stereocenters. The molecule has 0 aliphatic heterocycles. The summed E-state index contributed by atoms with van der Waals surface area (Å²) in [7, 11) is 0. The molecule has 2 rings (SSSR count). The summed E-state index contributed by atoms with van der Waals surface area (Å²) in [5.41, 5.74) is 0. The lowest BCUT2D eigenvalue weighted by Crippen LogP contribution is -1.97. The van der Waals surface area contributed by atoms with Crippen molar-refractivity contribution in [2.75, 3.05) is 6.61 Å². The molecular formula is C12H9BrO2. The van der Waals surface area contributed by atoms with Crippen LogP contribution in [0.2, 0.25) is 0 Å². The van der Waals surface area contributed by atoms with E-state index in [0.717, 1.165) is 27.3 Å². The highest BCUT2D eigenvalue weighted by atomic mass is 79.9. The molecule has 2 aromatic carbocycles. The van der Waals surface area contributed by atoms with Gasteiger partial charge >= 0.3 is 0 Å². The topological polar surface area (TPSA) is 26.3 Å². The molecule has 0 spiro atoms. The van der Waals surface area contributed by atoms with Gasteiger partial charge in [-0.1, -0.05) is 28.1 Å². The highest BCUT2D eigenvalue weighted by Gasteiger charge is 2.01. The van der Waals surface area contributed by atoms with Gasteiger partial charge in [-0.05, 0) is 29.7 Å².